The first-order valence-corrected chi connectivity index (χ1v) is 6.49. The number of hydrogen-bond donors (Lipinski definition) is 0. The third-order valence-electron chi connectivity index (χ3n) is 3.33. The van der Waals surface area contributed by atoms with Crippen molar-refractivity contribution in [2.75, 3.05) is 0 Å². The zero-order valence-electron chi connectivity index (χ0n) is 10.2. The van der Waals surface area contributed by atoms with E-state index in [1.165, 1.54) is 0 Å². The molecule has 4 rings (SSSR count). The van der Waals surface area contributed by atoms with Crippen molar-refractivity contribution in [1.29, 1.82) is 0 Å². The van der Waals surface area contributed by atoms with Crippen LogP contribution in [0.25, 0.3) is 32.8 Å². The highest BCUT2D eigenvalue weighted by atomic mass is 35.5. The summed E-state index contributed by atoms with van der Waals surface area (Å²) in [7, 11) is 0. The Morgan fingerprint density at radius 1 is 0.950 bits per heavy atom. The summed E-state index contributed by atoms with van der Waals surface area (Å²) in [6.45, 7) is 0. The van der Waals surface area contributed by atoms with Crippen molar-refractivity contribution in [3.05, 3.63) is 58.8 Å². The number of nitrogens with zero attached hydrogens (tertiary/aromatic N) is 3. The summed E-state index contributed by atoms with van der Waals surface area (Å²) >= 11 is 6.01. The molecule has 0 saturated carbocycles. The molecule has 0 N–H and O–H groups in total. The minimum atomic E-state index is 0.318. The van der Waals surface area contributed by atoms with Gasteiger partial charge in [-0.25, -0.2) is 0 Å². The number of pyridine rings is 1. The van der Waals surface area contributed by atoms with E-state index in [0.717, 1.165) is 21.7 Å². The van der Waals surface area contributed by atoms with Crippen LogP contribution in [0.3, 0.4) is 0 Å². The Balaban J connectivity index is 2.27. The molecule has 4 aromatic rings. The topological polar surface area (TPSA) is 52.7 Å². The van der Waals surface area contributed by atoms with Crippen molar-refractivity contribution in [2.45, 2.75) is 0 Å². The molecule has 0 aliphatic rings. The first-order valence-electron chi connectivity index (χ1n) is 6.11. The molecule has 96 valence electrons. The van der Waals surface area contributed by atoms with E-state index in [1.54, 1.807) is 12.1 Å². The second-order valence-corrected chi connectivity index (χ2v) is 5.02. The fourth-order valence-electron chi connectivity index (χ4n) is 2.41. The second-order valence-electron chi connectivity index (χ2n) is 4.59. The van der Waals surface area contributed by atoms with Gasteiger partial charge in [-0.1, -0.05) is 34.9 Å². The van der Waals surface area contributed by atoms with E-state index in [-0.39, 0.29) is 0 Å². The average Bonchev–Trinajstić information content (AvgIpc) is 2.46. The molecule has 0 saturated heterocycles. The molecule has 2 aromatic carbocycles. The van der Waals surface area contributed by atoms with E-state index in [0.29, 0.717) is 21.0 Å². The highest BCUT2D eigenvalue weighted by Crippen LogP contribution is 2.25. The number of rotatable bonds is 0. The molecular weight excluding hydrogens is 274 g/mol. The maximum Gasteiger partial charge on any atom is 0.355 e. The lowest BCUT2D eigenvalue weighted by Gasteiger charge is -2.05. The van der Waals surface area contributed by atoms with Gasteiger partial charge in [-0.3, -0.25) is 0 Å². The van der Waals surface area contributed by atoms with Gasteiger partial charge in [0.25, 0.3) is 0 Å². The van der Waals surface area contributed by atoms with Gasteiger partial charge in [-0.05, 0) is 35.3 Å². The molecule has 0 radical (unpaired) electrons. The molecule has 5 heteroatoms. The third kappa shape index (κ3) is 1.58. The highest BCUT2D eigenvalue weighted by molar-refractivity contribution is 6.31. The zero-order valence-corrected chi connectivity index (χ0v) is 11.0. The first kappa shape index (κ1) is 11.4. The Kier molecular flexibility index (Phi) is 2.28. The Labute approximate surface area is 118 Å². The highest BCUT2D eigenvalue weighted by Gasteiger charge is 2.14. The molecule has 0 spiro atoms. The summed E-state index contributed by atoms with van der Waals surface area (Å²) in [5, 5.41) is 19.3. The van der Waals surface area contributed by atoms with Crippen molar-refractivity contribution in [3.8, 4) is 0 Å². The molecule has 4 nitrogen and oxygen atoms in total. The van der Waals surface area contributed by atoms with Crippen molar-refractivity contribution >= 4 is 44.4 Å². The number of hydrogen-bond acceptors (Lipinski definition) is 3. The van der Waals surface area contributed by atoms with E-state index in [4.69, 9.17) is 11.6 Å². The predicted octanol–water partition coefficient (Wildman–Crippen LogP) is 3.22. The SMILES string of the molecule is [O-][n+]1nc2ccccc2c2cc3cc(Cl)ccc3nc21. The molecule has 20 heavy (non-hydrogen) atoms. The van der Waals surface area contributed by atoms with Crippen LogP contribution in [0.1, 0.15) is 0 Å². The lowest BCUT2D eigenvalue weighted by molar-refractivity contribution is -0.641. The minimum absolute atomic E-state index is 0.318. The van der Waals surface area contributed by atoms with Crippen LogP contribution in [-0.4, -0.2) is 10.1 Å². The minimum Gasteiger partial charge on any atom is -0.690 e. The van der Waals surface area contributed by atoms with Crippen LogP contribution in [0, 0.1) is 5.21 Å². The smallest absolute Gasteiger partial charge is 0.355 e. The van der Waals surface area contributed by atoms with Crippen LogP contribution in [-0.2, 0) is 0 Å². The maximum atomic E-state index is 12.0. The fraction of sp³-hybridized carbons (Fsp3) is 0. The van der Waals surface area contributed by atoms with Gasteiger partial charge in [0.1, 0.15) is 5.52 Å². The Hall–Kier alpha value is -2.46. The largest absolute Gasteiger partial charge is 0.690 e. The van der Waals surface area contributed by atoms with Crippen LogP contribution in [0.2, 0.25) is 5.02 Å². The maximum absolute atomic E-state index is 12.0. The van der Waals surface area contributed by atoms with Gasteiger partial charge < -0.3 is 5.21 Å². The molecular formula is C15H8ClN3O. The van der Waals surface area contributed by atoms with Crippen LogP contribution in [0.5, 0.6) is 0 Å². The monoisotopic (exact) mass is 281 g/mol. The average molecular weight is 282 g/mol. The van der Waals surface area contributed by atoms with Crippen molar-refractivity contribution in [2.24, 2.45) is 0 Å². The van der Waals surface area contributed by atoms with Gasteiger partial charge in [0.05, 0.1) is 5.39 Å². The molecule has 0 fully saturated rings. The predicted molar refractivity (Wildman–Crippen MR) is 78.5 cm³/mol. The Bertz CT molecular complexity index is 985. The molecule has 0 bridgehead atoms. The van der Waals surface area contributed by atoms with Gasteiger partial charge >= 0.3 is 5.65 Å². The first-order chi connectivity index (χ1) is 9.72. The third-order valence-corrected chi connectivity index (χ3v) is 3.57. The molecule has 2 heterocycles. The van der Waals surface area contributed by atoms with Gasteiger partial charge in [0.2, 0.25) is 0 Å². The number of fused-ring (bicyclic) bond motifs is 4. The quantitative estimate of drug-likeness (QED) is 0.215. The Morgan fingerprint density at radius 3 is 2.70 bits per heavy atom. The van der Waals surface area contributed by atoms with Gasteiger partial charge in [-0.15, -0.1) is 4.85 Å². The van der Waals surface area contributed by atoms with E-state index in [9.17, 15) is 5.21 Å². The molecule has 0 aliphatic heterocycles. The number of benzene rings is 2. The lowest BCUT2D eigenvalue weighted by Crippen LogP contribution is -2.32. The molecule has 0 unspecified atom stereocenters. The number of halogens is 1. The Morgan fingerprint density at radius 2 is 1.80 bits per heavy atom. The molecule has 0 aliphatic carbocycles. The van der Waals surface area contributed by atoms with Crippen molar-refractivity contribution < 1.29 is 4.85 Å². The van der Waals surface area contributed by atoms with E-state index in [1.807, 2.05) is 36.4 Å². The van der Waals surface area contributed by atoms with Gasteiger partial charge in [0.15, 0.2) is 5.52 Å². The second kappa shape index (κ2) is 4.02. The molecule has 0 amide bonds. The summed E-state index contributed by atoms with van der Waals surface area (Å²) in [5.41, 5.74) is 1.69. The summed E-state index contributed by atoms with van der Waals surface area (Å²) in [6, 6.07) is 14.8. The summed E-state index contributed by atoms with van der Waals surface area (Å²) in [4.78, 5) is 4.97. The lowest BCUT2D eigenvalue weighted by atomic mass is 10.1. The summed E-state index contributed by atoms with van der Waals surface area (Å²) in [6.07, 6.45) is 0. The zero-order chi connectivity index (χ0) is 13.7. The van der Waals surface area contributed by atoms with Crippen LogP contribution in [0.15, 0.2) is 48.5 Å². The summed E-state index contributed by atoms with van der Waals surface area (Å²) in [5.74, 6) is 0. The standard InChI is InChI=1S/C15H8ClN3O/c16-10-5-6-13-9(7-10)8-12-11-3-1-2-4-14(11)18-19(20)15(12)17-13/h1-8H. The van der Waals surface area contributed by atoms with E-state index < -0.39 is 0 Å². The van der Waals surface area contributed by atoms with Crippen LogP contribution < -0.4 is 4.85 Å². The van der Waals surface area contributed by atoms with Gasteiger partial charge in [0, 0.05) is 15.8 Å². The molecule has 0 atom stereocenters. The number of aromatic nitrogens is 3. The van der Waals surface area contributed by atoms with Crippen molar-refractivity contribution in [1.82, 2.24) is 10.1 Å². The molecule has 2 aromatic heterocycles. The fourth-order valence-corrected chi connectivity index (χ4v) is 2.60. The van der Waals surface area contributed by atoms with Crippen molar-refractivity contribution in [3.63, 3.8) is 0 Å². The van der Waals surface area contributed by atoms with E-state index >= 15 is 0 Å². The van der Waals surface area contributed by atoms with E-state index in [2.05, 4.69) is 10.1 Å². The van der Waals surface area contributed by atoms with Crippen LogP contribution in [0.4, 0.5) is 0 Å². The summed E-state index contributed by atoms with van der Waals surface area (Å²) < 4.78 is 0. The van der Waals surface area contributed by atoms with Crippen LogP contribution >= 0.6 is 11.6 Å². The normalized spacial score (nSPS) is 11.4. The van der Waals surface area contributed by atoms with Gasteiger partial charge in [-0.2, -0.15) is 0 Å².